The summed E-state index contributed by atoms with van der Waals surface area (Å²) in [4.78, 5) is 0. The summed E-state index contributed by atoms with van der Waals surface area (Å²) < 4.78 is 19.2. The first-order chi connectivity index (χ1) is 27.2. The molecule has 3 heteroatoms. The number of halogens is 2. The molecule has 0 fully saturated rings. The zero-order valence-corrected chi connectivity index (χ0v) is 32.5. The minimum absolute atomic E-state index is 0.202. The molecule has 258 valence electrons. The first-order valence-electron chi connectivity index (χ1n) is 18.5. The molecule has 0 aliphatic heterocycles. The topological polar surface area (TPSA) is 0 Å². The van der Waals surface area contributed by atoms with E-state index in [-0.39, 0.29) is 5.82 Å². The van der Waals surface area contributed by atoms with E-state index in [0.29, 0.717) is 5.56 Å². The van der Waals surface area contributed by atoms with E-state index in [1.807, 2.05) is 17.4 Å². The minimum atomic E-state index is -0.202. The first-order valence-corrected chi connectivity index (χ1v) is 20.4. The van der Waals surface area contributed by atoms with Crippen LogP contribution in [0.15, 0.2) is 182 Å². The van der Waals surface area contributed by atoms with Gasteiger partial charge >= 0.3 is 0 Å². The Morgan fingerprint density at radius 1 is 0.345 bits per heavy atom. The standard InChI is InChI=1S/C52H30FIS/c53-43-25-13-26-44(54)52(43)51-39-22-10-8-20-37(39)49(38-21-9-11-23-40(38)51)42-24-12-27-45-50(42)41-29-28-32(30-46(41)55-45)48-35-18-6-4-16-33(35)47(31-14-2-1-3-15-31)34-17-5-7-19-36(34)48/h1-30H. The Kier molecular flexibility index (Phi) is 7.61. The second kappa shape index (κ2) is 12.9. The molecule has 1 aromatic heterocycles. The van der Waals surface area contributed by atoms with Gasteiger partial charge in [-0.15, -0.1) is 11.3 Å². The highest BCUT2D eigenvalue weighted by Crippen LogP contribution is 2.50. The third kappa shape index (κ3) is 5.00. The number of thiophene rings is 1. The average Bonchev–Trinajstić information content (AvgIpc) is 3.61. The van der Waals surface area contributed by atoms with Crippen LogP contribution in [0, 0.1) is 9.39 Å². The zero-order chi connectivity index (χ0) is 36.6. The fraction of sp³-hybridized carbons (Fsp3) is 0. The Hall–Kier alpha value is -5.88. The number of hydrogen-bond acceptors (Lipinski definition) is 1. The van der Waals surface area contributed by atoms with Crippen LogP contribution in [0.5, 0.6) is 0 Å². The maximum atomic E-state index is 15.8. The highest BCUT2D eigenvalue weighted by Gasteiger charge is 2.23. The van der Waals surface area contributed by atoms with E-state index in [1.165, 1.54) is 75.1 Å². The molecular weight excluding hydrogens is 803 g/mol. The van der Waals surface area contributed by atoms with Gasteiger partial charge in [0, 0.05) is 34.9 Å². The smallest absolute Gasteiger partial charge is 0.132 e. The molecule has 1 heterocycles. The Balaban J connectivity index is 1.18. The number of fused-ring (bicyclic) bond motifs is 7. The fourth-order valence-electron chi connectivity index (χ4n) is 8.97. The predicted molar refractivity (Wildman–Crippen MR) is 244 cm³/mol. The summed E-state index contributed by atoms with van der Waals surface area (Å²) in [5.41, 5.74) is 8.97. The number of hydrogen-bond donors (Lipinski definition) is 0. The van der Waals surface area contributed by atoms with Gasteiger partial charge in [-0.2, -0.15) is 0 Å². The molecule has 0 amide bonds. The number of benzene rings is 10. The molecule has 0 bridgehead atoms. The molecule has 10 aromatic carbocycles. The van der Waals surface area contributed by atoms with E-state index in [1.54, 1.807) is 12.1 Å². The van der Waals surface area contributed by atoms with Gasteiger partial charge in [0.05, 0.1) is 0 Å². The number of rotatable bonds is 4. The van der Waals surface area contributed by atoms with Gasteiger partial charge in [-0.05, 0) is 123 Å². The van der Waals surface area contributed by atoms with Crippen molar-refractivity contribution in [2.24, 2.45) is 0 Å². The summed E-state index contributed by atoms with van der Waals surface area (Å²) in [6.07, 6.45) is 0. The van der Waals surface area contributed by atoms with Gasteiger partial charge < -0.3 is 0 Å². The molecule has 0 nitrogen and oxygen atoms in total. The summed E-state index contributed by atoms with van der Waals surface area (Å²) in [7, 11) is 0. The molecule has 0 radical (unpaired) electrons. The van der Waals surface area contributed by atoms with Crippen molar-refractivity contribution < 1.29 is 4.39 Å². The van der Waals surface area contributed by atoms with Gasteiger partial charge in [-0.3, -0.25) is 0 Å². The first kappa shape index (κ1) is 32.5. The quantitative estimate of drug-likeness (QED) is 0.122. The van der Waals surface area contributed by atoms with Crippen LogP contribution in [0.1, 0.15) is 0 Å². The van der Waals surface area contributed by atoms with Crippen LogP contribution < -0.4 is 0 Å². The third-order valence-electron chi connectivity index (χ3n) is 11.2. The van der Waals surface area contributed by atoms with Gasteiger partial charge in [0.1, 0.15) is 5.82 Å². The van der Waals surface area contributed by atoms with E-state index < -0.39 is 0 Å². The predicted octanol–water partition coefficient (Wildman–Crippen LogP) is 16.1. The SMILES string of the molecule is Fc1cccc(I)c1-c1c2ccccc2c(-c2cccc3sc4cc(-c5c6ccccc6c(-c6ccccc6)c6ccccc56)ccc4c23)c2ccccc12. The second-order valence-electron chi connectivity index (χ2n) is 14.1. The molecule has 0 N–H and O–H groups in total. The van der Waals surface area contributed by atoms with Crippen molar-refractivity contribution in [3.63, 3.8) is 0 Å². The van der Waals surface area contributed by atoms with Crippen molar-refractivity contribution in [2.45, 2.75) is 0 Å². The molecule has 0 saturated carbocycles. The second-order valence-corrected chi connectivity index (χ2v) is 16.4. The Morgan fingerprint density at radius 2 is 0.836 bits per heavy atom. The van der Waals surface area contributed by atoms with Crippen LogP contribution in [-0.4, -0.2) is 0 Å². The summed E-state index contributed by atoms with van der Waals surface area (Å²) in [6, 6.07) is 64.7. The molecule has 0 spiro atoms. The van der Waals surface area contributed by atoms with Crippen molar-refractivity contribution in [3.05, 3.63) is 191 Å². The lowest BCUT2D eigenvalue weighted by molar-refractivity contribution is 0.631. The highest BCUT2D eigenvalue weighted by molar-refractivity contribution is 14.1. The van der Waals surface area contributed by atoms with Crippen LogP contribution >= 0.6 is 33.9 Å². The Morgan fingerprint density at radius 3 is 1.40 bits per heavy atom. The van der Waals surface area contributed by atoms with Crippen molar-refractivity contribution in [3.8, 4) is 44.5 Å². The normalized spacial score (nSPS) is 11.8. The van der Waals surface area contributed by atoms with Gasteiger partial charge in [0.25, 0.3) is 0 Å². The Labute approximate surface area is 335 Å². The summed E-state index contributed by atoms with van der Waals surface area (Å²) in [5, 5.41) is 11.9. The van der Waals surface area contributed by atoms with E-state index >= 15 is 4.39 Å². The van der Waals surface area contributed by atoms with Crippen molar-refractivity contribution >= 4 is 97.2 Å². The van der Waals surface area contributed by atoms with E-state index in [2.05, 4.69) is 186 Å². The van der Waals surface area contributed by atoms with Crippen molar-refractivity contribution in [2.75, 3.05) is 0 Å². The van der Waals surface area contributed by atoms with Crippen molar-refractivity contribution in [1.82, 2.24) is 0 Å². The van der Waals surface area contributed by atoms with E-state index in [0.717, 1.165) is 30.7 Å². The minimum Gasteiger partial charge on any atom is -0.206 e. The lowest BCUT2D eigenvalue weighted by Crippen LogP contribution is -1.94. The summed E-state index contributed by atoms with van der Waals surface area (Å²) >= 11 is 4.13. The zero-order valence-electron chi connectivity index (χ0n) is 29.5. The van der Waals surface area contributed by atoms with Crippen LogP contribution in [0.4, 0.5) is 4.39 Å². The van der Waals surface area contributed by atoms with Crippen LogP contribution in [0.3, 0.4) is 0 Å². The van der Waals surface area contributed by atoms with Crippen LogP contribution in [0.2, 0.25) is 0 Å². The molecule has 11 aromatic rings. The Bertz CT molecular complexity index is 3210. The molecule has 0 aliphatic rings. The molecule has 11 rings (SSSR count). The van der Waals surface area contributed by atoms with Gasteiger partial charge in [-0.25, -0.2) is 4.39 Å². The fourth-order valence-corrected chi connectivity index (χ4v) is 10.9. The third-order valence-corrected chi connectivity index (χ3v) is 13.2. The molecule has 0 saturated heterocycles. The molecule has 0 atom stereocenters. The molecule has 55 heavy (non-hydrogen) atoms. The maximum Gasteiger partial charge on any atom is 0.132 e. The van der Waals surface area contributed by atoms with Crippen LogP contribution in [-0.2, 0) is 0 Å². The lowest BCUT2D eigenvalue weighted by Gasteiger charge is -2.19. The van der Waals surface area contributed by atoms with E-state index in [9.17, 15) is 0 Å². The average molecular weight is 833 g/mol. The largest absolute Gasteiger partial charge is 0.206 e. The monoisotopic (exact) mass is 832 g/mol. The van der Waals surface area contributed by atoms with Gasteiger partial charge in [-0.1, -0.05) is 158 Å². The summed E-state index contributed by atoms with van der Waals surface area (Å²) in [5.74, 6) is -0.202. The van der Waals surface area contributed by atoms with E-state index in [4.69, 9.17) is 0 Å². The molecule has 0 unspecified atom stereocenters. The van der Waals surface area contributed by atoms with Gasteiger partial charge in [0.2, 0.25) is 0 Å². The highest BCUT2D eigenvalue weighted by atomic mass is 127. The maximum absolute atomic E-state index is 15.8. The van der Waals surface area contributed by atoms with Crippen LogP contribution in [0.25, 0.3) is 108 Å². The molecular formula is C52H30FIS. The summed E-state index contributed by atoms with van der Waals surface area (Å²) in [6.45, 7) is 0. The van der Waals surface area contributed by atoms with Crippen molar-refractivity contribution in [1.29, 1.82) is 0 Å². The molecule has 0 aliphatic carbocycles. The lowest BCUT2D eigenvalue weighted by atomic mass is 9.84. The van der Waals surface area contributed by atoms with Gasteiger partial charge in [0.15, 0.2) is 0 Å².